The Labute approximate surface area is 286 Å². The predicted octanol–water partition coefficient (Wildman–Crippen LogP) is 2.91. The molecule has 21 heteroatoms. The summed E-state index contributed by atoms with van der Waals surface area (Å²) in [5.74, 6) is -4.00. The lowest BCUT2D eigenvalue weighted by Gasteiger charge is -2.48. The number of rotatable bonds is 10. The van der Waals surface area contributed by atoms with E-state index in [0.29, 0.717) is 5.56 Å². The molecule has 0 bridgehead atoms. The lowest BCUT2D eigenvalue weighted by molar-refractivity contribution is -0.307. The summed E-state index contributed by atoms with van der Waals surface area (Å²) in [6.07, 6.45) is -11.0. The summed E-state index contributed by atoms with van der Waals surface area (Å²) >= 11 is 34.6. The highest BCUT2D eigenvalue weighted by Gasteiger charge is 2.55. The van der Waals surface area contributed by atoms with Crippen molar-refractivity contribution in [2.75, 3.05) is 7.11 Å². The van der Waals surface area contributed by atoms with Gasteiger partial charge in [-0.25, -0.2) is 4.79 Å². The van der Waals surface area contributed by atoms with Crippen molar-refractivity contribution in [2.45, 2.75) is 82.3 Å². The lowest BCUT2D eigenvalue weighted by Crippen LogP contribution is -2.70. The summed E-state index contributed by atoms with van der Waals surface area (Å²) in [5.41, 5.74) is 9.93. The van der Waals surface area contributed by atoms with Gasteiger partial charge in [0.25, 0.3) is 19.4 Å². The van der Waals surface area contributed by atoms with Crippen molar-refractivity contribution in [2.24, 2.45) is 5.11 Å². The van der Waals surface area contributed by atoms with Gasteiger partial charge < -0.3 is 44.5 Å². The highest BCUT2D eigenvalue weighted by atomic mass is 35.6. The van der Waals surface area contributed by atoms with Crippen LogP contribution in [0.5, 0.6) is 0 Å². The van der Waals surface area contributed by atoms with E-state index in [0.717, 1.165) is 0 Å². The van der Waals surface area contributed by atoms with Gasteiger partial charge in [-0.1, -0.05) is 105 Å². The molecule has 1 aromatic carbocycles. The van der Waals surface area contributed by atoms with Crippen LogP contribution < -0.4 is 10.6 Å². The monoisotopic (exact) mass is 755 g/mol. The third-order valence-electron chi connectivity index (χ3n) is 6.74. The minimum Gasteiger partial charge on any atom is -0.479 e. The zero-order valence-electron chi connectivity index (χ0n) is 23.1. The highest BCUT2D eigenvalue weighted by molar-refractivity contribution is 6.76. The lowest BCUT2D eigenvalue weighted by atomic mass is 9.93. The molecular formula is C24H27Cl6N5O10. The summed E-state index contributed by atoms with van der Waals surface area (Å²) in [7, 11) is 1.22. The third kappa shape index (κ3) is 9.73. The number of methoxy groups -OCH3 is 1. The number of alkyl halides is 6. The molecule has 4 N–H and O–H groups in total. The fourth-order valence-electron chi connectivity index (χ4n) is 4.66. The number of ether oxygens (including phenoxy) is 5. The molecule has 2 aliphatic rings. The van der Waals surface area contributed by atoms with E-state index in [9.17, 15) is 30.1 Å². The third-order valence-corrected chi connectivity index (χ3v) is 7.77. The number of benzene rings is 1. The van der Waals surface area contributed by atoms with Crippen molar-refractivity contribution in [3.63, 3.8) is 0 Å². The maximum Gasteiger partial charge on any atom is 0.335 e. The van der Waals surface area contributed by atoms with Crippen LogP contribution in [-0.4, -0.2) is 104 Å². The first-order valence-corrected chi connectivity index (χ1v) is 15.1. The molecule has 2 fully saturated rings. The number of aliphatic hydroxyl groups excluding tert-OH is 1. The van der Waals surface area contributed by atoms with Gasteiger partial charge in [-0.2, -0.15) is 0 Å². The van der Waals surface area contributed by atoms with Crippen LogP contribution in [0.15, 0.2) is 35.4 Å². The fourth-order valence-corrected chi connectivity index (χ4v) is 4.99. The number of aliphatic hydroxyl groups is 1. The van der Waals surface area contributed by atoms with Crippen LogP contribution in [0.25, 0.3) is 10.4 Å². The van der Waals surface area contributed by atoms with E-state index in [1.807, 2.05) is 0 Å². The Kier molecular flexibility index (Phi) is 13.5. The van der Waals surface area contributed by atoms with Crippen molar-refractivity contribution in [1.29, 1.82) is 0 Å². The van der Waals surface area contributed by atoms with Crippen molar-refractivity contribution in [1.82, 2.24) is 10.6 Å². The van der Waals surface area contributed by atoms with Gasteiger partial charge in [0.15, 0.2) is 18.7 Å². The van der Waals surface area contributed by atoms with Gasteiger partial charge in [0.2, 0.25) is 0 Å². The number of hydrogen-bond donors (Lipinski definition) is 4. The Morgan fingerprint density at radius 3 is 2.02 bits per heavy atom. The van der Waals surface area contributed by atoms with Gasteiger partial charge >= 0.3 is 5.97 Å². The quantitative estimate of drug-likeness (QED) is 0.119. The summed E-state index contributed by atoms with van der Waals surface area (Å²) < 4.78 is 23.8. The highest BCUT2D eigenvalue weighted by Crippen LogP contribution is 2.35. The molecule has 45 heavy (non-hydrogen) atoms. The molecule has 0 unspecified atom stereocenters. The van der Waals surface area contributed by atoms with Crippen LogP contribution in [0, 0.1) is 0 Å². The van der Waals surface area contributed by atoms with Crippen molar-refractivity contribution in [3.8, 4) is 0 Å². The second kappa shape index (κ2) is 16.0. The number of hydrogen-bond acceptors (Lipinski definition) is 10. The molecular weight excluding hydrogens is 731 g/mol. The van der Waals surface area contributed by atoms with E-state index in [1.165, 1.54) is 14.0 Å². The van der Waals surface area contributed by atoms with E-state index in [2.05, 4.69) is 20.7 Å². The van der Waals surface area contributed by atoms with E-state index in [4.69, 9.17) is 93.3 Å². The number of amides is 2. The maximum atomic E-state index is 12.9. The number of aliphatic carboxylic acids is 1. The summed E-state index contributed by atoms with van der Waals surface area (Å²) in [6, 6.07) is 4.31. The standard InChI is InChI=1S/C24H27Cl6N5O10/c1-9-11(34-35-31)15(12(19(41-2)43-9)32-21(39)23(25,26)27)44-20-13(33-22(40)24(28,29)30)16(14(36)17(45-20)18(37)38)42-8-10-6-4-3-5-7-10/h3-7,9,11-17,19-20,36H,8H2,1-2H3,(H,32,39)(H,33,40)(H,37,38)/t9-,11+,12-,13+,14+,15+,16+,17+,19-,20+/m1/s1. The minimum atomic E-state index is -2.54. The van der Waals surface area contributed by atoms with Crippen molar-refractivity contribution >= 4 is 87.4 Å². The largest absolute Gasteiger partial charge is 0.479 e. The second-order valence-corrected chi connectivity index (χ2v) is 14.3. The van der Waals surface area contributed by atoms with Crippen LogP contribution in [0.4, 0.5) is 0 Å². The van der Waals surface area contributed by atoms with Gasteiger partial charge in [0.05, 0.1) is 24.9 Å². The fraction of sp³-hybridized carbons (Fsp3) is 0.625. The second-order valence-electron chi connectivity index (χ2n) is 9.75. The normalized spacial score (nSPS) is 32.2. The van der Waals surface area contributed by atoms with Crippen molar-refractivity contribution in [3.05, 3.63) is 46.3 Å². The molecule has 0 radical (unpaired) electrons. The number of carboxylic acids is 1. The van der Waals surface area contributed by atoms with E-state index in [-0.39, 0.29) is 6.61 Å². The Bertz CT molecular complexity index is 1250. The molecule has 2 heterocycles. The van der Waals surface area contributed by atoms with E-state index >= 15 is 0 Å². The molecule has 3 rings (SSSR count). The number of carboxylic acid groups (broad SMARTS) is 1. The molecule has 2 aliphatic heterocycles. The minimum absolute atomic E-state index is 0.175. The Morgan fingerprint density at radius 2 is 1.53 bits per heavy atom. The Morgan fingerprint density at radius 1 is 0.978 bits per heavy atom. The molecule has 1 aromatic rings. The smallest absolute Gasteiger partial charge is 0.335 e. The first-order valence-electron chi connectivity index (χ1n) is 12.8. The topological polar surface area (TPSA) is 211 Å². The Balaban J connectivity index is 2.10. The van der Waals surface area contributed by atoms with Crippen LogP contribution in [0.1, 0.15) is 12.5 Å². The summed E-state index contributed by atoms with van der Waals surface area (Å²) in [5, 5.41) is 29.4. The first kappa shape index (κ1) is 37.9. The first-order chi connectivity index (χ1) is 21.0. The zero-order chi connectivity index (χ0) is 33.7. The molecule has 2 saturated heterocycles. The number of carbonyl (C=O) groups excluding carboxylic acids is 2. The number of nitrogens with zero attached hydrogens (tertiary/aromatic N) is 3. The average Bonchev–Trinajstić information content (AvgIpc) is 2.96. The molecule has 2 amide bonds. The van der Waals surface area contributed by atoms with Crippen LogP contribution in [-0.2, 0) is 44.7 Å². The van der Waals surface area contributed by atoms with Gasteiger partial charge in [-0.3, -0.25) is 9.59 Å². The van der Waals surface area contributed by atoms with Crippen LogP contribution in [0.3, 0.4) is 0 Å². The summed E-state index contributed by atoms with van der Waals surface area (Å²) in [4.78, 5) is 40.6. The SMILES string of the molecule is CO[C@@H]1O[C@H](C)[C@H](N=[N+]=[N-])[C@H](O[C@H]2O[C@H](C(=O)O)[C@@H](O)[C@@H](OCc3ccccc3)[C@@H]2NC(=O)C(Cl)(Cl)Cl)[C@H]1NC(=O)C(Cl)(Cl)Cl. The average molecular weight is 758 g/mol. The number of azide groups is 1. The molecule has 15 nitrogen and oxygen atoms in total. The van der Waals surface area contributed by atoms with Gasteiger partial charge in [-0.05, 0) is 18.0 Å². The molecule has 0 spiro atoms. The number of nitrogens with one attached hydrogen (secondary N) is 2. The van der Waals surface area contributed by atoms with E-state index in [1.54, 1.807) is 30.3 Å². The van der Waals surface area contributed by atoms with Crippen LogP contribution >= 0.6 is 69.6 Å². The zero-order valence-corrected chi connectivity index (χ0v) is 27.7. The molecule has 250 valence electrons. The number of halogens is 6. The van der Waals surface area contributed by atoms with Crippen LogP contribution in [0.2, 0.25) is 0 Å². The maximum absolute atomic E-state index is 12.9. The van der Waals surface area contributed by atoms with Crippen molar-refractivity contribution < 1.29 is 48.3 Å². The van der Waals surface area contributed by atoms with Gasteiger partial charge in [0, 0.05) is 12.0 Å². The van der Waals surface area contributed by atoms with Gasteiger partial charge in [-0.15, -0.1) is 0 Å². The van der Waals surface area contributed by atoms with E-state index < -0.39 is 86.6 Å². The molecule has 10 atom stereocenters. The number of carbonyl (C=O) groups is 3. The predicted molar refractivity (Wildman–Crippen MR) is 161 cm³/mol. The molecule has 0 aliphatic carbocycles. The van der Waals surface area contributed by atoms with Gasteiger partial charge in [0.1, 0.15) is 24.3 Å². The molecule has 0 aromatic heterocycles. The molecule has 0 saturated carbocycles. The Hall–Kier alpha value is -1.56. The summed E-state index contributed by atoms with van der Waals surface area (Å²) in [6.45, 7) is 1.32.